The molecule has 0 atom stereocenters. The molecule has 0 aliphatic carbocycles. The summed E-state index contributed by atoms with van der Waals surface area (Å²) < 4.78 is 44.2. The van der Waals surface area contributed by atoms with Crippen LogP contribution in [0.4, 0.5) is 13.2 Å². The van der Waals surface area contributed by atoms with Crippen LogP contribution in [0.25, 0.3) is 11.1 Å². The second kappa shape index (κ2) is 5.21. The molecule has 3 nitrogen and oxygen atoms in total. The first kappa shape index (κ1) is 13.9. The maximum Gasteiger partial charge on any atom is 0.417 e. The summed E-state index contributed by atoms with van der Waals surface area (Å²) in [5.74, 6) is 0.361. The number of alkyl halides is 3. The summed E-state index contributed by atoms with van der Waals surface area (Å²) in [7, 11) is 1.41. The first-order chi connectivity index (χ1) is 9.45. The molecule has 0 fully saturated rings. The molecule has 0 aliphatic heterocycles. The lowest BCUT2D eigenvalue weighted by atomic mass is 9.98. The lowest BCUT2D eigenvalue weighted by molar-refractivity contribution is -0.137. The zero-order valence-corrected chi connectivity index (χ0v) is 10.4. The Morgan fingerprint density at radius 3 is 2.55 bits per heavy atom. The molecule has 2 rings (SSSR count). The molecule has 1 aromatic heterocycles. The number of benzene rings is 1. The van der Waals surface area contributed by atoms with Gasteiger partial charge in [0.15, 0.2) is 0 Å². The Morgan fingerprint density at radius 2 is 1.95 bits per heavy atom. The number of hydrogen-bond donors (Lipinski definition) is 0. The van der Waals surface area contributed by atoms with Crippen LogP contribution in [0, 0.1) is 11.3 Å². The molecule has 102 valence electrons. The number of halogens is 3. The summed E-state index contributed by atoms with van der Waals surface area (Å²) in [4.78, 5) is 3.84. The Balaban J connectivity index is 2.64. The average molecular weight is 278 g/mol. The molecule has 0 unspecified atom stereocenters. The van der Waals surface area contributed by atoms with Crippen molar-refractivity contribution in [2.45, 2.75) is 6.18 Å². The Morgan fingerprint density at radius 1 is 1.20 bits per heavy atom. The SMILES string of the molecule is COc1cncc(-c2ccc(C#N)cc2C(F)(F)F)c1. The summed E-state index contributed by atoms with van der Waals surface area (Å²) in [6.07, 6.45) is -1.83. The number of methoxy groups -OCH3 is 1. The van der Waals surface area contributed by atoms with Gasteiger partial charge in [-0.25, -0.2) is 0 Å². The van der Waals surface area contributed by atoms with Gasteiger partial charge in [0.05, 0.1) is 30.5 Å². The van der Waals surface area contributed by atoms with Gasteiger partial charge in [-0.3, -0.25) is 4.98 Å². The Bertz CT molecular complexity index is 675. The molecule has 2 aromatic rings. The van der Waals surface area contributed by atoms with Crippen molar-refractivity contribution >= 4 is 0 Å². The molecule has 0 radical (unpaired) electrons. The van der Waals surface area contributed by atoms with Crippen LogP contribution < -0.4 is 4.74 Å². The van der Waals surface area contributed by atoms with Gasteiger partial charge in [0.1, 0.15) is 5.75 Å². The molecular weight excluding hydrogens is 269 g/mol. The van der Waals surface area contributed by atoms with E-state index in [9.17, 15) is 13.2 Å². The normalized spacial score (nSPS) is 10.9. The molecule has 0 saturated carbocycles. The fourth-order valence-corrected chi connectivity index (χ4v) is 1.78. The van der Waals surface area contributed by atoms with Crippen molar-refractivity contribution in [3.8, 4) is 22.9 Å². The van der Waals surface area contributed by atoms with E-state index in [4.69, 9.17) is 10.00 Å². The number of rotatable bonds is 2. The predicted octanol–water partition coefficient (Wildman–Crippen LogP) is 3.65. The second-order valence-corrected chi connectivity index (χ2v) is 3.98. The first-order valence-electron chi connectivity index (χ1n) is 5.56. The third-order valence-electron chi connectivity index (χ3n) is 2.71. The van der Waals surface area contributed by atoms with Gasteiger partial charge in [-0.15, -0.1) is 0 Å². The lowest BCUT2D eigenvalue weighted by Crippen LogP contribution is -2.07. The zero-order valence-electron chi connectivity index (χ0n) is 10.4. The zero-order chi connectivity index (χ0) is 14.8. The van der Waals surface area contributed by atoms with Gasteiger partial charge in [0.25, 0.3) is 0 Å². The van der Waals surface area contributed by atoms with Crippen molar-refractivity contribution in [1.29, 1.82) is 5.26 Å². The van der Waals surface area contributed by atoms with E-state index in [1.54, 1.807) is 6.07 Å². The molecule has 0 spiro atoms. The van der Waals surface area contributed by atoms with Gasteiger partial charge in [-0.05, 0) is 23.8 Å². The Labute approximate surface area is 113 Å². The smallest absolute Gasteiger partial charge is 0.417 e. The maximum absolute atomic E-state index is 13.1. The highest BCUT2D eigenvalue weighted by molar-refractivity contribution is 5.69. The van der Waals surface area contributed by atoms with Crippen LogP contribution in [0.15, 0.2) is 36.7 Å². The lowest BCUT2D eigenvalue weighted by Gasteiger charge is -2.13. The number of nitrogens with zero attached hydrogens (tertiary/aromatic N) is 2. The van der Waals surface area contributed by atoms with Gasteiger partial charge >= 0.3 is 6.18 Å². The van der Waals surface area contributed by atoms with Crippen molar-refractivity contribution in [1.82, 2.24) is 4.98 Å². The quantitative estimate of drug-likeness (QED) is 0.842. The third kappa shape index (κ3) is 2.72. The summed E-state index contributed by atoms with van der Waals surface area (Å²) in [6, 6.07) is 6.59. The number of nitriles is 1. The molecule has 0 saturated heterocycles. The van der Waals surface area contributed by atoms with Crippen LogP contribution in [0.3, 0.4) is 0 Å². The van der Waals surface area contributed by atoms with Crippen LogP contribution in [0.1, 0.15) is 11.1 Å². The van der Waals surface area contributed by atoms with Crippen LogP contribution in [0.2, 0.25) is 0 Å². The van der Waals surface area contributed by atoms with Crippen LogP contribution >= 0.6 is 0 Å². The van der Waals surface area contributed by atoms with E-state index in [1.807, 2.05) is 0 Å². The molecule has 1 aromatic carbocycles. The largest absolute Gasteiger partial charge is 0.495 e. The van der Waals surface area contributed by atoms with Crippen molar-refractivity contribution in [2.24, 2.45) is 0 Å². The van der Waals surface area contributed by atoms with Crippen molar-refractivity contribution in [3.63, 3.8) is 0 Å². The summed E-state index contributed by atoms with van der Waals surface area (Å²) in [5.41, 5.74) is -0.674. The molecule has 0 amide bonds. The average Bonchev–Trinajstić information content (AvgIpc) is 2.45. The van der Waals surface area contributed by atoms with Gasteiger partial charge in [0.2, 0.25) is 0 Å². The highest BCUT2D eigenvalue weighted by Crippen LogP contribution is 2.38. The van der Waals surface area contributed by atoms with E-state index < -0.39 is 11.7 Å². The van der Waals surface area contributed by atoms with Gasteiger partial charge in [-0.2, -0.15) is 18.4 Å². The van der Waals surface area contributed by atoms with Gasteiger partial charge in [0, 0.05) is 11.8 Å². The summed E-state index contributed by atoms with van der Waals surface area (Å²) in [5, 5.41) is 8.72. The van der Waals surface area contributed by atoms with Crippen LogP contribution in [-0.2, 0) is 6.18 Å². The molecule has 6 heteroatoms. The minimum Gasteiger partial charge on any atom is -0.495 e. The minimum absolute atomic E-state index is 0.0390. The molecule has 0 bridgehead atoms. The van der Waals surface area contributed by atoms with Crippen LogP contribution in [-0.4, -0.2) is 12.1 Å². The van der Waals surface area contributed by atoms with E-state index in [2.05, 4.69) is 4.98 Å². The number of ether oxygens (including phenoxy) is 1. The van der Waals surface area contributed by atoms with Gasteiger partial charge in [-0.1, -0.05) is 6.07 Å². The van der Waals surface area contributed by atoms with E-state index >= 15 is 0 Å². The topological polar surface area (TPSA) is 45.9 Å². The number of aromatic nitrogens is 1. The van der Waals surface area contributed by atoms with E-state index in [0.29, 0.717) is 5.75 Å². The molecule has 0 aliphatic rings. The Hall–Kier alpha value is -2.55. The molecule has 1 heterocycles. The minimum atomic E-state index is -4.55. The predicted molar refractivity (Wildman–Crippen MR) is 65.9 cm³/mol. The second-order valence-electron chi connectivity index (χ2n) is 3.98. The van der Waals surface area contributed by atoms with E-state index in [1.165, 1.54) is 37.7 Å². The van der Waals surface area contributed by atoms with Crippen molar-refractivity contribution < 1.29 is 17.9 Å². The summed E-state index contributed by atoms with van der Waals surface area (Å²) >= 11 is 0. The highest BCUT2D eigenvalue weighted by Gasteiger charge is 2.34. The fraction of sp³-hybridized carbons (Fsp3) is 0.143. The molecular formula is C14H9F3N2O. The fourth-order valence-electron chi connectivity index (χ4n) is 1.78. The molecule has 20 heavy (non-hydrogen) atoms. The van der Waals surface area contributed by atoms with Crippen molar-refractivity contribution in [3.05, 3.63) is 47.8 Å². The van der Waals surface area contributed by atoms with E-state index in [0.717, 1.165) is 6.07 Å². The first-order valence-corrected chi connectivity index (χ1v) is 5.56. The maximum atomic E-state index is 13.1. The molecule has 0 N–H and O–H groups in total. The number of pyridine rings is 1. The van der Waals surface area contributed by atoms with Gasteiger partial charge < -0.3 is 4.74 Å². The van der Waals surface area contributed by atoms with Crippen LogP contribution in [0.5, 0.6) is 5.75 Å². The monoisotopic (exact) mass is 278 g/mol. The summed E-state index contributed by atoms with van der Waals surface area (Å²) in [6.45, 7) is 0. The number of hydrogen-bond acceptors (Lipinski definition) is 3. The Kier molecular flexibility index (Phi) is 3.61. The standard InChI is InChI=1S/C14H9F3N2O/c1-20-11-5-10(7-19-8-11)12-3-2-9(6-18)4-13(12)14(15,16)17/h2-5,7-8H,1H3. The van der Waals surface area contributed by atoms with Crippen molar-refractivity contribution in [2.75, 3.05) is 7.11 Å². The highest BCUT2D eigenvalue weighted by atomic mass is 19.4. The third-order valence-corrected chi connectivity index (χ3v) is 2.71. The van der Waals surface area contributed by atoms with E-state index in [-0.39, 0.29) is 16.7 Å².